The van der Waals surface area contributed by atoms with Crippen LogP contribution in [0.3, 0.4) is 0 Å². The van der Waals surface area contributed by atoms with Crippen LogP contribution in [0.4, 0.5) is 5.82 Å². The molecule has 4 aromatic rings. The van der Waals surface area contributed by atoms with Gasteiger partial charge in [-0.3, -0.25) is 9.59 Å². The van der Waals surface area contributed by atoms with Crippen molar-refractivity contribution in [3.8, 4) is 0 Å². The average molecular weight is 495 g/mol. The van der Waals surface area contributed by atoms with Gasteiger partial charge >= 0.3 is 0 Å². The summed E-state index contributed by atoms with van der Waals surface area (Å²) in [6, 6.07) is 9.21. The Morgan fingerprint density at radius 1 is 1.26 bits per heavy atom. The molecule has 1 fully saturated rings. The van der Waals surface area contributed by atoms with Crippen molar-refractivity contribution in [1.82, 2.24) is 24.6 Å². The summed E-state index contributed by atoms with van der Waals surface area (Å²) in [5.74, 6) is -0.113. The number of nitrogens with one attached hydrogen (secondary N) is 1. The Hall–Kier alpha value is -3.30. The Morgan fingerprint density at radius 2 is 2.15 bits per heavy atom. The van der Waals surface area contributed by atoms with E-state index in [1.807, 2.05) is 29.1 Å². The molecule has 0 aromatic carbocycles. The molecule has 8 nitrogen and oxygen atoms in total. The van der Waals surface area contributed by atoms with Gasteiger partial charge in [0.05, 0.1) is 34.6 Å². The summed E-state index contributed by atoms with van der Waals surface area (Å²) in [5, 5.41) is 10.6. The molecule has 0 aliphatic carbocycles. The summed E-state index contributed by atoms with van der Waals surface area (Å²) in [5.41, 5.74) is 2.01. The average Bonchev–Trinajstić information content (AvgIpc) is 3.50. The Morgan fingerprint density at radius 3 is 2.91 bits per heavy atom. The van der Waals surface area contributed by atoms with Crippen LogP contribution in [0, 0.1) is 12.8 Å². The predicted octanol–water partition coefficient (Wildman–Crippen LogP) is 4.39. The summed E-state index contributed by atoms with van der Waals surface area (Å²) in [4.78, 5) is 38.1. The van der Waals surface area contributed by atoms with Gasteiger partial charge in [-0.2, -0.15) is 5.10 Å². The number of aryl methyl sites for hydroxylation is 1. The zero-order valence-corrected chi connectivity index (χ0v) is 20.1. The third-order valence-electron chi connectivity index (χ3n) is 5.91. The van der Waals surface area contributed by atoms with Gasteiger partial charge in [-0.1, -0.05) is 17.7 Å². The number of pyridine rings is 2. The lowest BCUT2D eigenvalue weighted by atomic mass is 9.96. The third-order valence-corrected chi connectivity index (χ3v) is 7.00. The number of amides is 2. The molecule has 0 bridgehead atoms. The smallest absolute Gasteiger partial charge is 0.254 e. The van der Waals surface area contributed by atoms with Crippen LogP contribution in [-0.2, 0) is 11.3 Å². The number of hydrogen-bond acceptors (Lipinski definition) is 6. The first-order chi connectivity index (χ1) is 16.5. The maximum absolute atomic E-state index is 13.6. The number of halogens is 1. The van der Waals surface area contributed by atoms with Gasteiger partial charge in [0.2, 0.25) is 5.91 Å². The molecule has 5 heterocycles. The lowest BCUT2D eigenvalue weighted by molar-refractivity contribution is -0.121. The topological polar surface area (TPSA) is 93.0 Å². The molecule has 0 saturated carbocycles. The van der Waals surface area contributed by atoms with Crippen LogP contribution in [0.1, 0.15) is 33.8 Å². The summed E-state index contributed by atoms with van der Waals surface area (Å²) >= 11 is 7.53. The summed E-state index contributed by atoms with van der Waals surface area (Å²) < 4.78 is 1.83. The van der Waals surface area contributed by atoms with Gasteiger partial charge in [0, 0.05) is 29.9 Å². The molecule has 2 amide bonds. The van der Waals surface area contributed by atoms with Gasteiger partial charge in [-0.05, 0) is 49.4 Å². The molecule has 1 atom stereocenters. The number of likely N-dealkylation sites (tertiary alicyclic amines) is 1. The Bertz CT molecular complexity index is 1340. The molecule has 10 heteroatoms. The SMILES string of the molecule is Cc1cc(C(=O)N2CCCC(C(=O)Nc3ccc(Cl)cn3)C2)c2cnn(Cc3cccs3)c2n1. The molecule has 1 saturated heterocycles. The maximum Gasteiger partial charge on any atom is 0.254 e. The van der Waals surface area contributed by atoms with Crippen molar-refractivity contribution in [2.45, 2.75) is 26.3 Å². The predicted molar refractivity (Wildman–Crippen MR) is 132 cm³/mol. The Kier molecular flexibility index (Phi) is 6.30. The highest BCUT2D eigenvalue weighted by atomic mass is 35.5. The molecule has 5 rings (SSSR count). The molecular weight excluding hydrogens is 472 g/mol. The van der Waals surface area contributed by atoms with E-state index in [1.165, 1.54) is 11.1 Å². The normalized spacial score (nSPS) is 16.1. The van der Waals surface area contributed by atoms with E-state index < -0.39 is 0 Å². The Labute approximate surface area is 205 Å². The molecule has 1 aliphatic heterocycles. The van der Waals surface area contributed by atoms with Gasteiger partial charge in [-0.25, -0.2) is 14.6 Å². The number of piperidine rings is 1. The standard InChI is InChI=1S/C24H23ClN6O2S/c1-15-10-19(20-12-27-31(22(20)28-15)14-18-5-3-9-34-18)24(33)30-8-2-4-16(13-30)23(32)29-21-7-6-17(25)11-26-21/h3,5-7,9-12,16H,2,4,8,13-14H2,1H3,(H,26,29,32). The van der Waals surface area contributed by atoms with Crippen LogP contribution >= 0.6 is 22.9 Å². The quantitative estimate of drug-likeness (QED) is 0.444. The number of rotatable bonds is 5. The van der Waals surface area contributed by atoms with E-state index in [-0.39, 0.29) is 17.7 Å². The molecule has 0 spiro atoms. The van der Waals surface area contributed by atoms with Crippen molar-refractivity contribution in [2.24, 2.45) is 5.92 Å². The third kappa shape index (κ3) is 4.67. The van der Waals surface area contributed by atoms with E-state index in [1.54, 1.807) is 34.6 Å². The van der Waals surface area contributed by atoms with Crippen LogP contribution < -0.4 is 5.32 Å². The van der Waals surface area contributed by atoms with Crippen molar-refractivity contribution in [2.75, 3.05) is 18.4 Å². The second kappa shape index (κ2) is 9.52. The zero-order chi connectivity index (χ0) is 23.7. The largest absolute Gasteiger partial charge is 0.338 e. The number of fused-ring (bicyclic) bond motifs is 1. The van der Waals surface area contributed by atoms with Crippen LogP contribution in [-0.4, -0.2) is 49.6 Å². The molecule has 34 heavy (non-hydrogen) atoms. The highest BCUT2D eigenvalue weighted by Crippen LogP contribution is 2.25. The molecule has 1 N–H and O–H groups in total. The molecule has 174 valence electrons. The maximum atomic E-state index is 13.6. The lowest BCUT2D eigenvalue weighted by Gasteiger charge is -2.32. The number of carbonyl (C=O) groups excluding carboxylic acids is 2. The van der Waals surface area contributed by atoms with Crippen LogP contribution in [0.15, 0.2) is 48.1 Å². The summed E-state index contributed by atoms with van der Waals surface area (Å²) in [7, 11) is 0. The number of hydrogen-bond donors (Lipinski definition) is 1. The van der Waals surface area contributed by atoms with Gasteiger partial charge in [0.15, 0.2) is 5.65 Å². The fourth-order valence-electron chi connectivity index (χ4n) is 4.24. The van der Waals surface area contributed by atoms with Gasteiger partial charge in [0.25, 0.3) is 5.91 Å². The van der Waals surface area contributed by atoms with Crippen molar-refractivity contribution in [3.63, 3.8) is 0 Å². The van der Waals surface area contributed by atoms with E-state index in [2.05, 4.69) is 26.4 Å². The second-order valence-corrected chi connectivity index (χ2v) is 9.84. The minimum atomic E-state index is -0.310. The molecule has 0 radical (unpaired) electrons. The van der Waals surface area contributed by atoms with E-state index in [0.29, 0.717) is 48.1 Å². The fraction of sp³-hybridized carbons (Fsp3) is 0.292. The van der Waals surface area contributed by atoms with E-state index in [9.17, 15) is 9.59 Å². The minimum absolute atomic E-state index is 0.103. The molecular formula is C24H23ClN6O2S. The van der Waals surface area contributed by atoms with Crippen LogP contribution in [0.2, 0.25) is 5.02 Å². The van der Waals surface area contributed by atoms with E-state index in [4.69, 9.17) is 11.6 Å². The van der Waals surface area contributed by atoms with Crippen LogP contribution in [0.5, 0.6) is 0 Å². The summed E-state index contributed by atoms with van der Waals surface area (Å²) in [6.07, 6.45) is 4.67. The van der Waals surface area contributed by atoms with E-state index in [0.717, 1.165) is 17.5 Å². The van der Waals surface area contributed by atoms with Crippen molar-refractivity contribution >= 4 is 51.6 Å². The molecule has 1 unspecified atom stereocenters. The Balaban J connectivity index is 1.35. The molecule has 1 aliphatic rings. The number of anilines is 1. The van der Waals surface area contributed by atoms with Gasteiger partial charge in [0.1, 0.15) is 5.82 Å². The van der Waals surface area contributed by atoms with Crippen molar-refractivity contribution in [1.29, 1.82) is 0 Å². The van der Waals surface area contributed by atoms with E-state index >= 15 is 0 Å². The number of aromatic nitrogens is 4. The first kappa shape index (κ1) is 22.5. The highest BCUT2D eigenvalue weighted by molar-refractivity contribution is 7.09. The zero-order valence-electron chi connectivity index (χ0n) is 18.6. The van der Waals surface area contributed by atoms with Crippen LogP contribution in [0.25, 0.3) is 11.0 Å². The summed E-state index contributed by atoms with van der Waals surface area (Å²) in [6.45, 7) is 3.44. The van der Waals surface area contributed by atoms with Crippen molar-refractivity contribution in [3.05, 3.63) is 69.3 Å². The lowest BCUT2D eigenvalue weighted by Crippen LogP contribution is -2.44. The highest BCUT2D eigenvalue weighted by Gasteiger charge is 2.30. The monoisotopic (exact) mass is 494 g/mol. The number of carbonyl (C=O) groups is 2. The second-order valence-electron chi connectivity index (χ2n) is 8.37. The van der Waals surface area contributed by atoms with Crippen molar-refractivity contribution < 1.29 is 9.59 Å². The minimum Gasteiger partial charge on any atom is -0.338 e. The molecule has 4 aromatic heterocycles. The number of nitrogens with zero attached hydrogens (tertiary/aromatic N) is 5. The number of thiophene rings is 1. The first-order valence-corrected chi connectivity index (χ1v) is 12.3. The van der Waals surface area contributed by atoms with Gasteiger partial charge in [-0.15, -0.1) is 11.3 Å². The van der Waals surface area contributed by atoms with Gasteiger partial charge < -0.3 is 10.2 Å². The fourth-order valence-corrected chi connectivity index (χ4v) is 5.04. The first-order valence-electron chi connectivity index (χ1n) is 11.0.